The Bertz CT molecular complexity index is 1040. The third-order valence-corrected chi connectivity index (χ3v) is 5.13. The van der Waals surface area contributed by atoms with Gasteiger partial charge in [0.15, 0.2) is 11.5 Å². The van der Waals surface area contributed by atoms with Gasteiger partial charge in [0.1, 0.15) is 5.56 Å². The third-order valence-electron chi connectivity index (χ3n) is 4.05. The van der Waals surface area contributed by atoms with Gasteiger partial charge in [-0.25, -0.2) is 0 Å². The highest BCUT2D eigenvalue weighted by atomic mass is 32.2. The molecule has 0 unspecified atom stereocenters. The Labute approximate surface area is 171 Å². The first-order valence-corrected chi connectivity index (χ1v) is 9.39. The Morgan fingerprint density at radius 1 is 0.966 bits per heavy atom. The summed E-state index contributed by atoms with van der Waals surface area (Å²) in [6.45, 7) is 0. The van der Waals surface area contributed by atoms with E-state index in [0.29, 0.717) is 5.69 Å². The Morgan fingerprint density at radius 2 is 1.59 bits per heavy atom. The fraction of sp³-hybridized carbons (Fsp3) is 0.0952. The molecule has 8 heteroatoms. The van der Waals surface area contributed by atoms with E-state index in [0.717, 1.165) is 9.79 Å². The van der Waals surface area contributed by atoms with Gasteiger partial charge in [-0.05, 0) is 24.3 Å². The molecule has 0 spiro atoms. The quantitative estimate of drug-likeness (QED) is 0.435. The molecule has 1 amide bonds. The van der Waals surface area contributed by atoms with E-state index >= 15 is 0 Å². The highest BCUT2D eigenvalue weighted by Crippen LogP contribution is 2.36. The van der Waals surface area contributed by atoms with Crippen LogP contribution in [0.2, 0.25) is 0 Å². The predicted octanol–water partition coefficient (Wildman–Crippen LogP) is 5.02. The average molecular weight is 410 g/mol. The first-order chi connectivity index (χ1) is 14.0. The van der Waals surface area contributed by atoms with Crippen LogP contribution >= 0.6 is 11.8 Å². The maximum absolute atomic E-state index is 12.9. The number of nitro benzene ring substituents is 1. The molecule has 0 saturated heterocycles. The van der Waals surface area contributed by atoms with Crippen molar-refractivity contribution in [3.05, 3.63) is 82.4 Å². The van der Waals surface area contributed by atoms with E-state index in [1.807, 2.05) is 42.5 Å². The fourth-order valence-electron chi connectivity index (χ4n) is 2.67. The standard InChI is InChI=1S/C21H18N2O5S/c1-27-18-12-15(17(23(25)26)13-19(18)28-2)21(24)22-16-10-6-7-11-20(16)29-14-8-4-3-5-9-14/h3-13H,1-2H3,(H,22,24). The topological polar surface area (TPSA) is 90.7 Å². The molecule has 1 N–H and O–H groups in total. The summed E-state index contributed by atoms with van der Waals surface area (Å²) in [4.78, 5) is 25.6. The minimum absolute atomic E-state index is 0.118. The van der Waals surface area contributed by atoms with E-state index < -0.39 is 10.8 Å². The summed E-state index contributed by atoms with van der Waals surface area (Å²) in [6, 6.07) is 19.4. The molecule has 3 aromatic rings. The van der Waals surface area contributed by atoms with Gasteiger partial charge in [0.05, 0.1) is 30.9 Å². The molecule has 7 nitrogen and oxygen atoms in total. The van der Waals surface area contributed by atoms with Crippen molar-refractivity contribution in [3.8, 4) is 11.5 Å². The van der Waals surface area contributed by atoms with Crippen LogP contribution in [0.1, 0.15) is 10.4 Å². The molecule has 3 rings (SSSR count). The van der Waals surface area contributed by atoms with Gasteiger partial charge in [0.2, 0.25) is 0 Å². The number of carbonyl (C=O) groups is 1. The summed E-state index contributed by atoms with van der Waals surface area (Å²) in [5.74, 6) is -0.204. The number of benzene rings is 3. The smallest absolute Gasteiger partial charge is 0.286 e. The Kier molecular flexibility index (Phi) is 6.36. The number of nitrogens with one attached hydrogen (secondary N) is 1. The molecule has 0 atom stereocenters. The Balaban J connectivity index is 1.94. The number of amides is 1. The van der Waals surface area contributed by atoms with Crippen molar-refractivity contribution in [1.29, 1.82) is 0 Å². The van der Waals surface area contributed by atoms with E-state index in [4.69, 9.17) is 9.47 Å². The summed E-state index contributed by atoms with van der Waals surface area (Å²) >= 11 is 1.48. The van der Waals surface area contributed by atoms with E-state index in [9.17, 15) is 14.9 Å². The van der Waals surface area contributed by atoms with Crippen LogP contribution in [-0.4, -0.2) is 25.1 Å². The van der Waals surface area contributed by atoms with Crippen LogP contribution in [0.4, 0.5) is 11.4 Å². The summed E-state index contributed by atoms with van der Waals surface area (Å²) in [5.41, 5.74) is 0.0657. The number of carbonyl (C=O) groups excluding carboxylic acids is 1. The van der Waals surface area contributed by atoms with Gasteiger partial charge in [-0.2, -0.15) is 0 Å². The maximum atomic E-state index is 12.9. The van der Waals surface area contributed by atoms with Crippen LogP contribution in [0.25, 0.3) is 0 Å². The van der Waals surface area contributed by atoms with Crippen molar-refractivity contribution in [2.75, 3.05) is 19.5 Å². The van der Waals surface area contributed by atoms with Gasteiger partial charge in [0.25, 0.3) is 11.6 Å². The number of ether oxygens (including phenoxy) is 2. The number of anilines is 1. The lowest BCUT2D eigenvalue weighted by Crippen LogP contribution is -2.15. The number of nitro groups is 1. The second-order valence-corrected chi connectivity index (χ2v) is 6.96. The lowest BCUT2D eigenvalue weighted by Gasteiger charge is -2.13. The van der Waals surface area contributed by atoms with Crippen LogP contribution in [-0.2, 0) is 0 Å². The molecule has 0 aliphatic rings. The molecular formula is C21H18N2O5S. The van der Waals surface area contributed by atoms with Gasteiger partial charge < -0.3 is 14.8 Å². The van der Waals surface area contributed by atoms with Crippen molar-refractivity contribution in [2.24, 2.45) is 0 Å². The van der Waals surface area contributed by atoms with Gasteiger partial charge in [-0.3, -0.25) is 14.9 Å². The second kappa shape index (κ2) is 9.11. The van der Waals surface area contributed by atoms with E-state index in [1.165, 1.54) is 38.1 Å². The van der Waals surface area contributed by atoms with E-state index in [2.05, 4.69) is 5.32 Å². The molecular weight excluding hydrogens is 392 g/mol. The van der Waals surface area contributed by atoms with Crippen molar-refractivity contribution < 1.29 is 19.2 Å². The highest BCUT2D eigenvalue weighted by Gasteiger charge is 2.25. The zero-order valence-corrected chi connectivity index (χ0v) is 16.6. The zero-order valence-electron chi connectivity index (χ0n) is 15.7. The minimum Gasteiger partial charge on any atom is -0.493 e. The molecule has 0 radical (unpaired) electrons. The van der Waals surface area contributed by atoms with Crippen molar-refractivity contribution in [1.82, 2.24) is 0 Å². The summed E-state index contributed by atoms with van der Waals surface area (Å²) in [7, 11) is 2.77. The number of hydrogen-bond acceptors (Lipinski definition) is 6. The van der Waals surface area contributed by atoms with Crippen LogP contribution in [0.5, 0.6) is 11.5 Å². The first-order valence-electron chi connectivity index (χ1n) is 8.57. The number of para-hydroxylation sites is 1. The molecule has 0 bridgehead atoms. The van der Waals surface area contributed by atoms with Crippen LogP contribution in [0, 0.1) is 10.1 Å². The highest BCUT2D eigenvalue weighted by molar-refractivity contribution is 7.99. The minimum atomic E-state index is -0.624. The largest absolute Gasteiger partial charge is 0.493 e. The van der Waals surface area contributed by atoms with Crippen LogP contribution in [0.3, 0.4) is 0 Å². The number of nitrogens with zero attached hydrogens (tertiary/aromatic N) is 1. The van der Waals surface area contributed by atoms with Crippen molar-refractivity contribution in [3.63, 3.8) is 0 Å². The van der Waals surface area contributed by atoms with E-state index in [1.54, 1.807) is 12.1 Å². The maximum Gasteiger partial charge on any atom is 0.286 e. The third kappa shape index (κ3) is 4.67. The Hall–Kier alpha value is -3.52. The van der Waals surface area contributed by atoms with Gasteiger partial charge in [-0.15, -0.1) is 0 Å². The molecule has 148 valence electrons. The first kappa shape index (κ1) is 20.2. The van der Waals surface area contributed by atoms with Crippen molar-refractivity contribution in [2.45, 2.75) is 9.79 Å². The zero-order chi connectivity index (χ0) is 20.8. The lowest BCUT2D eigenvalue weighted by atomic mass is 10.1. The van der Waals surface area contributed by atoms with Gasteiger partial charge in [0, 0.05) is 15.9 Å². The fourth-order valence-corrected chi connectivity index (χ4v) is 3.59. The number of methoxy groups -OCH3 is 2. The van der Waals surface area contributed by atoms with E-state index in [-0.39, 0.29) is 22.7 Å². The summed E-state index contributed by atoms with van der Waals surface area (Å²) in [5, 5.41) is 14.3. The predicted molar refractivity (Wildman–Crippen MR) is 111 cm³/mol. The monoisotopic (exact) mass is 410 g/mol. The number of rotatable bonds is 7. The molecule has 0 aliphatic carbocycles. The molecule has 0 fully saturated rings. The molecule has 0 aliphatic heterocycles. The molecule has 29 heavy (non-hydrogen) atoms. The number of hydrogen-bond donors (Lipinski definition) is 1. The summed E-state index contributed by atoms with van der Waals surface area (Å²) < 4.78 is 10.3. The molecule has 0 heterocycles. The van der Waals surface area contributed by atoms with Crippen LogP contribution < -0.4 is 14.8 Å². The summed E-state index contributed by atoms with van der Waals surface area (Å²) in [6.07, 6.45) is 0. The second-order valence-electron chi connectivity index (χ2n) is 5.85. The molecule has 3 aromatic carbocycles. The van der Waals surface area contributed by atoms with Crippen molar-refractivity contribution >= 4 is 29.0 Å². The van der Waals surface area contributed by atoms with Gasteiger partial charge >= 0.3 is 0 Å². The SMILES string of the molecule is COc1cc(C(=O)Nc2ccccc2Sc2ccccc2)c([N+](=O)[O-])cc1OC. The Morgan fingerprint density at radius 3 is 2.24 bits per heavy atom. The lowest BCUT2D eigenvalue weighted by molar-refractivity contribution is -0.385. The average Bonchev–Trinajstić information content (AvgIpc) is 2.74. The molecule has 0 saturated carbocycles. The van der Waals surface area contributed by atoms with Gasteiger partial charge in [-0.1, -0.05) is 42.1 Å². The van der Waals surface area contributed by atoms with Crippen LogP contribution in [0.15, 0.2) is 76.5 Å². The molecule has 0 aromatic heterocycles. The normalized spacial score (nSPS) is 10.3.